The molecule has 1 heterocycles. The van der Waals surface area contributed by atoms with E-state index >= 15 is 0 Å². The van der Waals surface area contributed by atoms with Crippen LogP contribution in [-0.2, 0) is 0 Å². The van der Waals surface area contributed by atoms with Crippen molar-refractivity contribution >= 4 is 5.69 Å². The molecule has 0 aliphatic carbocycles. The third-order valence-electron chi connectivity index (χ3n) is 2.75. The molecule has 1 aromatic carbocycles. The minimum absolute atomic E-state index is 0.188. The fourth-order valence-electron chi connectivity index (χ4n) is 1.98. The van der Waals surface area contributed by atoms with Crippen LogP contribution >= 0.6 is 0 Å². The Hall–Kier alpha value is -1.25. The Balaban J connectivity index is 2.58. The molecule has 1 atom stereocenters. The van der Waals surface area contributed by atoms with Crippen LogP contribution in [0.4, 0.5) is 10.1 Å². The van der Waals surface area contributed by atoms with Gasteiger partial charge in [-0.15, -0.1) is 0 Å². The summed E-state index contributed by atoms with van der Waals surface area (Å²) in [5.74, 6) is 0.949. The molecule has 0 aromatic heterocycles. The van der Waals surface area contributed by atoms with Crippen LogP contribution in [0.2, 0.25) is 0 Å². The molecule has 14 heavy (non-hydrogen) atoms. The number of halogens is 1. The van der Waals surface area contributed by atoms with Crippen LogP contribution in [-0.4, -0.2) is 13.7 Å². The van der Waals surface area contributed by atoms with E-state index in [1.54, 1.807) is 13.2 Å². The fraction of sp³-hybridized carbons (Fsp3) is 0.455. The van der Waals surface area contributed by atoms with Crippen LogP contribution in [0.15, 0.2) is 12.1 Å². The molecule has 0 saturated heterocycles. The molecule has 1 N–H and O–H groups in total. The second kappa shape index (κ2) is 3.48. The van der Waals surface area contributed by atoms with Crippen molar-refractivity contribution in [2.75, 3.05) is 19.0 Å². The van der Waals surface area contributed by atoms with Gasteiger partial charge >= 0.3 is 0 Å². The highest BCUT2D eigenvalue weighted by molar-refractivity contribution is 5.61. The molecule has 0 spiro atoms. The second-order valence-corrected chi connectivity index (χ2v) is 3.65. The first-order chi connectivity index (χ1) is 6.74. The number of fused-ring (bicyclic) bond motifs is 1. The van der Waals surface area contributed by atoms with Crippen LogP contribution in [0, 0.1) is 5.82 Å². The third-order valence-corrected chi connectivity index (χ3v) is 2.75. The van der Waals surface area contributed by atoms with Crippen molar-refractivity contribution in [1.82, 2.24) is 0 Å². The van der Waals surface area contributed by atoms with Crippen molar-refractivity contribution in [2.45, 2.75) is 19.3 Å². The number of rotatable bonds is 1. The summed E-state index contributed by atoms with van der Waals surface area (Å²) in [6.45, 7) is 2.93. The topological polar surface area (TPSA) is 21.3 Å². The number of methoxy groups -OCH3 is 1. The van der Waals surface area contributed by atoms with Gasteiger partial charge in [-0.25, -0.2) is 4.39 Å². The number of nitrogens with one attached hydrogen (secondary N) is 1. The molecule has 1 aromatic rings. The smallest absolute Gasteiger partial charge is 0.146 e. The number of ether oxygens (including phenoxy) is 1. The molecule has 1 unspecified atom stereocenters. The molecule has 0 fully saturated rings. The van der Waals surface area contributed by atoms with Crippen molar-refractivity contribution in [1.29, 1.82) is 0 Å². The zero-order valence-corrected chi connectivity index (χ0v) is 8.43. The zero-order valence-electron chi connectivity index (χ0n) is 8.43. The molecule has 0 amide bonds. The fourth-order valence-corrected chi connectivity index (χ4v) is 1.98. The van der Waals surface area contributed by atoms with E-state index in [-0.39, 0.29) is 5.82 Å². The summed E-state index contributed by atoms with van der Waals surface area (Å²) in [7, 11) is 1.62. The number of hydrogen-bond donors (Lipinski definition) is 1. The SMILES string of the molecule is COc1ccc(F)c2c1C(C)CCN2. The Bertz CT molecular complexity index is 351. The van der Waals surface area contributed by atoms with Crippen LogP contribution in [0.3, 0.4) is 0 Å². The summed E-state index contributed by atoms with van der Waals surface area (Å²) in [6, 6.07) is 3.14. The predicted octanol–water partition coefficient (Wildman–Crippen LogP) is 2.75. The summed E-state index contributed by atoms with van der Waals surface area (Å²) < 4.78 is 18.7. The van der Waals surface area contributed by atoms with E-state index in [2.05, 4.69) is 12.2 Å². The minimum Gasteiger partial charge on any atom is -0.496 e. The molecule has 3 heteroatoms. The van der Waals surface area contributed by atoms with Gasteiger partial charge in [-0.1, -0.05) is 6.92 Å². The van der Waals surface area contributed by atoms with Crippen molar-refractivity contribution in [2.24, 2.45) is 0 Å². The van der Waals surface area contributed by atoms with E-state index in [0.29, 0.717) is 11.6 Å². The Morgan fingerprint density at radius 2 is 2.29 bits per heavy atom. The lowest BCUT2D eigenvalue weighted by molar-refractivity contribution is 0.403. The average molecular weight is 195 g/mol. The Kier molecular flexibility index (Phi) is 2.32. The third kappa shape index (κ3) is 1.33. The largest absolute Gasteiger partial charge is 0.496 e. The molecule has 2 nitrogen and oxygen atoms in total. The van der Waals surface area contributed by atoms with Crippen molar-refractivity contribution in [3.05, 3.63) is 23.5 Å². The van der Waals surface area contributed by atoms with Crippen LogP contribution in [0.5, 0.6) is 5.75 Å². The van der Waals surface area contributed by atoms with E-state index in [9.17, 15) is 4.39 Å². The van der Waals surface area contributed by atoms with Crippen molar-refractivity contribution in [3.8, 4) is 5.75 Å². The van der Waals surface area contributed by atoms with E-state index in [0.717, 1.165) is 24.3 Å². The van der Waals surface area contributed by atoms with Gasteiger partial charge in [0.2, 0.25) is 0 Å². The number of hydrogen-bond acceptors (Lipinski definition) is 2. The number of benzene rings is 1. The van der Waals surface area contributed by atoms with Crippen LogP contribution in [0.25, 0.3) is 0 Å². The number of anilines is 1. The second-order valence-electron chi connectivity index (χ2n) is 3.65. The van der Waals surface area contributed by atoms with Gasteiger partial charge in [-0.2, -0.15) is 0 Å². The van der Waals surface area contributed by atoms with E-state index in [1.165, 1.54) is 6.07 Å². The monoisotopic (exact) mass is 195 g/mol. The van der Waals surface area contributed by atoms with Gasteiger partial charge in [0.05, 0.1) is 12.8 Å². The maximum Gasteiger partial charge on any atom is 0.146 e. The van der Waals surface area contributed by atoms with E-state index in [4.69, 9.17) is 4.74 Å². The lowest BCUT2D eigenvalue weighted by atomic mass is 9.91. The van der Waals surface area contributed by atoms with E-state index in [1.807, 2.05) is 0 Å². The average Bonchev–Trinajstić information content (AvgIpc) is 2.20. The predicted molar refractivity (Wildman–Crippen MR) is 54.5 cm³/mol. The minimum atomic E-state index is -0.188. The lowest BCUT2D eigenvalue weighted by Gasteiger charge is -2.26. The molecular formula is C11H14FNO. The highest BCUT2D eigenvalue weighted by Crippen LogP contribution is 2.39. The summed E-state index contributed by atoms with van der Waals surface area (Å²) in [4.78, 5) is 0. The Labute approximate surface area is 83.1 Å². The Morgan fingerprint density at radius 3 is 3.00 bits per heavy atom. The first kappa shape index (κ1) is 9.31. The van der Waals surface area contributed by atoms with Gasteiger partial charge in [0, 0.05) is 12.1 Å². The standard InChI is InChI=1S/C11H14FNO/c1-7-5-6-13-11-8(12)3-4-9(14-2)10(7)11/h3-4,7,13H,5-6H2,1-2H3. The summed E-state index contributed by atoms with van der Waals surface area (Å²) in [6.07, 6.45) is 1.02. The molecular weight excluding hydrogens is 181 g/mol. The maximum atomic E-state index is 13.4. The molecule has 76 valence electrons. The lowest BCUT2D eigenvalue weighted by Crippen LogP contribution is -2.17. The Morgan fingerprint density at radius 1 is 1.50 bits per heavy atom. The van der Waals surface area contributed by atoms with Gasteiger partial charge in [-0.3, -0.25) is 0 Å². The summed E-state index contributed by atoms with van der Waals surface area (Å²) in [5, 5.41) is 3.08. The van der Waals surface area contributed by atoms with Crippen molar-refractivity contribution < 1.29 is 9.13 Å². The molecule has 2 rings (SSSR count). The highest BCUT2D eigenvalue weighted by Gasteiger charge is 2.22. The molecule has 0 saturated carbocycles. The molecule has 0 radical (unpaired) electrons. The zero-order chi connectivity index (χ0) is 10.1. The maximum absolute atomic E-state index is 13.4. The highest BCUT2D eigenvalue weighted by atomic mass is 19.1. The quantitative estimate of drug-likeness (QED) is 0.744. The van der Waals surface area contributed by atoms with Gasteiger partial charge in [0.1, 0.15) is 11.6 Å². The van der Waals surface area contributed by atoms with Gasteiger partial charge in [0.25, 0.3) is 0 Å². The van der Waals surface area contributed by atoms with Crippen molar-refractivity contribution in [3.63, 3.8) is 0 Å². The molecule has 1 aliphatic rings. The summed E-state index contributed by atoms with van der Waals surface area (Å²) >= 11 is 0. The molecule has 1 aliphatic heterocycles. The van der Waals surface area contributed by atoms with Gasteiger partial charge in [-0.05, 0) is 24.5 Å². The van der Waals surface area contributed by atoms with E-state index < -0.39 is 0 Å². The van der Waals surface area contributed by atoms with Crippen LogP contribution < -0.4 is 10.1 Å². The molecule has 0 bridgehead atoms. The van der Waals surface area contributed by atoms with Gasteiger partial charge < -0.3 is 10.1 Å². The first-order valence-corrected chi connectivity index (χ1v) is 4.84. The first-order valence-electron chi connectivity index (χ1n) is 4.84. The summed E-state index contributed by atoms with van der Waals surface area (Å²) in [5.41, 5.74) is 1.59. The van der Waals surface area contributed by atoms with Gasteiger partial charge in [0.15, 0.2) is 0 Å². The van der Waals surface area contributed by atoms with Crippen LogP contribution in [0.1, 0.15) is 24.8 Å². The normalized spacial score (nSPS) is 19.8.